The predicted octanol–water partition coefficient (Wildman–Crippen LogP) is 2.63. The Labute approximate surface area is 158 Å². The van der Waals surface area contributed by atoms with E-state index in [-0.39, 0.29) is 18.3 Å². The zero-order valence-electron chi connectivity index (χ0n) is 15.5. The van der Waals surface area contributed by atoms with Crippen molar-refractivity contribution in [3.05, 3.63) is 58.9 Å². The summed E-state index contributed by atoms with van der Waals surface area (Å²) >= 11 is 0. The third-order valence-electron chi connectivity index (χ3n) is 4.51. The van der Waals surface area contributed by atoms with Crippen molar-refractivity contribution in [2.75, 3.05) is 13.2 Å². The molecule has 1 aromatic heterocycles. The highest BCUT2D eigenvalue weighted by molar-refractivity contribution is 6.20. The van der Waals surface area contributed by atoms with E-state index < -0.39 is 0 Å². The summed E-state index contributed by atoms with van der Waals surface area (Å²) in [6.45, 7) is 2.92. The van der Waals surface area contributed by atoms with E-state index in [1.54, 1.807) is 6.07 Å². The van der Waals surface area contributed by atoms with Gasteiger partial charge in [-0.05, 0) is 49.5 Å². The Bertz CT molecular complexity index is 881. The van der Waals surface area contributed by atoms with Crippen molar-refractivity contribution in [3.8, 4) is 5.75 Å². The van der Waals surface area contributed by atoms with Crippen LogP contribution >= 0.6 is 0 Å². The molecule has 2 aromatic rings. The summed E-state index contributed by atoms with van der Waals surface area (Å²) in [5, 5.41) is 26.1. The number of carbonyl (C=O) groups excluding carboxylic acids is 1. The number of fused-ring (bicyclic) bond motifs is 1. The number of aryl methyl sites for hydroxylation is 1. The first kappa shape index (κ1) is 18.9. The normalized spacial score (nSPS) is 14.7. The molecule has 1 amide bonds. The summed E-state index contributed by atoms with van der Waals surface area (Å²) < 4.78 is 1.82. The Kier molecular flexibility index (Phi) is 6.08. The fourth-order valence-corrected chi connectivity index (χ4v) is 3.07. The molecule has 0 saturated carbocycles. The van der Waals surface area contributed by atoms with Crippen LogP contribution in [0.4, 0.5) is 0 Å². The number of benzene rings is 1. The SMILES string of the molecule is Cc1cc(Cn2cc3c(n2)/C=C\CCC=C3C(=O)NCCCO)ccc1O. The fourth-order valence-electron chi connectivity index (χ4n) is 3.07. The highest BCUT2D eigenvalue weighted by atomic mass is 16.3. The molecular formula is C21H25N3O3. The summed E-state index contributed by atoms with van der Waals surface area (Å²) in [5.41, 5.74) is 4.06. The lowest BCUT2D eigenvalue weighted by atomic mass is 10.0. The Morgan fingerprint density at radius 1 is 1.33 bits per heavy atom. The predicted molar refractivity (Wildman–Crippen MR) is 105 cm³/mol. The van der Waals surface area contributed by atoms with E-state index in [1.807, 2.05) is 42.1 Å². The molecule has 0 fully saturated rings. The lowest BCUT2D eigenvalue weighted by molar-refractivity contribution is -0.115. The number of hydrogen-bond acceptors (Lipinski definition) is 4. The monoisotopic (exact) mass is 367 g/mol. The van der Waals surface area contributed by atoms with Crippen molar-refractivity contribution >= 4 is 17.6 Å². The van der Waals surface area contributed by atoms with Gasteiger partial charge < -0.3 is 15.5 Å². The van der Waals surface area contributed by atoms with E-state index >= 15 is 0 Å². The van der Waals surface area contributed by atoms with Crippen LogP contribution in [0.15, 0.2) is 36.5 Å². The van der Waals surface area contributed by atoms with Gasteiger partial charge in [-0.2, -0.15) is 5.10 Å². The van der Waals surface area contributed by atoms with E-state index in [2.05, 4.69) is 16.5 Å². The van der Waals surface area contributed by atoms with Gasteiger partial charge in [0.25, 0.3) is 5.91 Å². The topological polar surface area (TPSA) is 87.4 Å². The standard InChI is InChI=1S/C21H25N3O3/c1-15-12-16(8-9-20(15)26)13-24-14-18-17(21(27)22-10-5-11-25)6-3-2-4-7-19(18)23-24/h4,6-9,12,14,25-26H,2-3,5,10-11,13H2,1H3,(H,22,27)/b7-4-,17-6?. The highest BCUT2D eigenvalue weighted by Crippen LogP contribution is 2.25. The summed E-state index contributed by atoms with van der Waals surface area (Å²) in [4.78, 5) is 12.6. The maximum atomic E-state index is 12.6. The second-order valence-electron chi connectivity index (χ2n) is 6.68. The number of hydrogen-bond donors (Lipinski definition) is 3. The minimum absolute atomic E-state index is 0.0529. The molecule has 0 saturated heterocycles. The van der Waals surface area contributed by atoms with E-state index in [4.69, 9.17) is 5.11 Å². The van der Waals surface area contributed by atoms with Crippen LogP contribution in [0.3, 0.4) is 0 Å². The van der Waals surface area contributed by atoms with Crippen LogP contribution in [0, 0.1) is 6.92 Å². The van der Waals surface area contributed by atoms with Gasteiger partial charge in [0.1, 0.15) is 5.75 Å². The molecule has 0 spiro atoms. The lowest BCUT2D eigenvalue weighted by Gasteiger charge is -2.09. The van der Waals surface area contributed by atoms with Gasteiger partial charge >= 0.3 is 0 Å². The van der Waals surface area contributed by atoms with Gasteiger partial charge in [-0.3, -0.25) is 9.48 Å². The Hall–Kier alpha value is -2.86. The first-order valence-electron chi connectivity index (χ1n) is 9.20. The number of aromatic nitrogens is 2. The third-order valence-corrected chi connectivity index (χ3v) is 4.51. The lowest BCUT2D eigenvalue weighted by Crippen LogP contribution is -2.26. The highest BCUT2D eigenvalue weighted by Gasteiger charge is 2.18. The average Bonchev–Trinajstić information content (AvgIpc) is 3.00. The molecule has 1 aliphatic rings. The van der Waals surface area contributed by atoms with Crippen LogP contribution < -0.4 is 5.32 Å². The van der Waals surface area contributed by atoms with Crippen LogP contribution in [-0.2, 0) is 11.3 Å². The number of phenols is 1. The quantitative estimate of drug-likeness (QED) is 0.685. The Morgan fingerprint density at radius 3 is 2.96 bits per heavy atom. The molecule has 0 atom stereocenters. The second-order valence-corrected chi connectivity index (χ2v) is 6.68. The third kappa shape index (κ3) is 4.65. The number of aliphatic hydroxyl groups is 1. The number of nitrogens with one attached hydrogen (secondary N) is 1. The number of aromatic hydroxyl groups is 1. The van der Waals surface area contributed by atoms with Crippen LogP contribution in [0.1, 0.15) is 41.6 Å². The first-order chi connectivity index (χ1) is 13.1. The van der Waals surface area contributed by atoms with E-state index in [9.17, 15) is 9.90 Å². The van der Waals surface area contributed by atoms with E-state index in [0.717, 1.165) is 35.2 Å². The van der Waals surface area contributed by atoms with Gasteiger partial charge in [0.05, 0.1) is 12.2 Å². The molecular weight excluding hydrogens is 342 g/mol. The van der Waals surface area contributed by atoms with Crippen molar-refractivity contribution in [1.82, 2.24) is 15.1 Å². The zero-order valence-corrected chi connectivity index (χ0v) is 15.5. The molecule has 27 heavy (non-hydrogen) atoms. The summed E-state index contributed by atoms with van der Waals surface area (Å²) in [5.74, 6) is 0.138. The van der Waals surface area contributed by atoms with Crippen molar-refractivity contribution in [3.63, 3.8) is 0 Å². The first-order valence-corrected chi connectivity index (χ1v) is 9.20. The van der Waals surface area contributed by atoms with Crippen LogP contribution in [0.25, 0.3) is 11.6 Å². The van der Waals surface area contributed by atoms with Crippen LogP contribution in [0.5, 0.6) is 5.75 Å². The maximum absolute atomic E-state index is 12.6. The molecule has 0 radical (unpaired) electrons. The smallest absolute Gasteiger partial charge is 0.251 e. The molecule has 1 aliphatic carbocycles. The van der Waals surface area contributed by atoms with E-state index in [1.165, 1.54) is 0 Å². The summed E-state index contributed by atoms with van der Waals surface area (Å²) in [7, 11) is 0. The molecule has 0 aliphatic heterocycles. The molecule has 6 heteroatoms. The van der Waals surface area contributed by atoms with Crippen molar-refractivity contribution in [2.45, 2.75) is 32.7 Å². The van der Waals surface area contributed by atoms with E-state index in [0.29, 0.717) is 25.1 Å². The number of phenolic OH excluding ortho intramolecular Hbond substituents is 1. The van der Waals surface area contributed by atoms with Gasteiger partial charge in [-0.25, -0.2) is 0 Å². The van der Waals surface area contributed by atoms with Gasteiger partial charge in [-0.1, -0.05) is 24.3 Å². The number of allylic oxidation sites excluding steroid dienone is 2. The summed E-state index contributed by atoms with van der Waals surface area (Å²) in [6.07, 6.45) is 10.1. The average molecular weight is 367 g/mol. The minimum Gasteiger partial charge on any atom is -0.508 e. The van der Waals surface area contributed by atoms with Crippen molar-refractivity contribution < 1.29 is 15.0 Å². The minimum atomic E-state index is -0.139. The molecule has 0 bridgehead atoms. The Morgan fingerprint density at radius 2 is 2.19 bits per heavy atom. The largest absolute Gasteiger partial charge is 0.508 e. The fraction of sp³-hybridized carbons (Fsp3) is 0.333. The number of nitrogens with zero attached hydrogens (tertiary/aromatic N) is 2. The molecule has 6 nitrogen and oxygen atoms in total. The number of rotatable bonds is 6. The second kappa shape index (κ2) is 8.68. The summed E-state index contributed by atoms with van der Waals surface area (Å²) in [6, 6.07) is 5.49. The molecule has 3 N–H and O–H groups in total. The number of carbonyl (C=O) groups is 1. The van der Waals surface area contributed by atoms with Crippen molar-refractivity contribution in [1.29, 1.82) is 0 Å². The maximum Gasteiger partial charge on any atom is 0.251 e. The van der Waals surface area contributed by atoms with Gasteiger partial charge in [0, 0.05) is 30.5 Å². The molecule has 3 rings (SSSR count). The Balaban J connectivity index is 1.86. The number of aliphatic hydroxyl groups excluding tert-OH is 1. The molecule has 0 unspecified atom stereocenters. The molecule has 1 heterocycles. The van der Waals surface area contributed by atoms with Gasteiger partial charge in [0.15, 0.2) is 0 Å². The molecule has 142 valence electrons. The van der Waals surface area contributed by atoms with Gasteiger partial charge in [-0.15, -0.1) is 0 Å². The zero-order chi connectivity index (χ0) is 19.2. The number of amides is 1. The van der Waals surface area contributed by atoms with Gasteiger partial charge in [0.2, 0.25) is 0 Å². The van der Waals surface area contributed by atoms with Crippen LogP contribution in [0.2, 0.25) is 0 Å². The molecule has 1 aromatic carbocycles. The van der Waals surface area contributed by atoms with Crippen LogP contribution in [-0.4, -0.2) is 39.1 Å². The van der Waals surface area contributed by atoms with Crippen molar-refractivity contribution in [2.24, 2.45) is 0 Å².